The van der Waals surface area contributed by atoms with Crippen molar-refractivity contribution in [3.63, 3.8) is 0 Å². The highest BCUT2D eigenvalue weighted by Gasteiger charge is 2.47. The van der Waals surface area contributed by atoms with Crippen LogP contribution in [0.25, 0.3) is 0 Å². The van der Waals surface area contributed by atoms with Gasteiger partial charge in [0, 0.05) is 6.42 Å². The van der Waals surface area contributed by atoms with Crippen molar-refractivity contribution in [1.82, 2.24) is 9.78 Å². The minimum absolute atomic E-state index is 0.0137. The first-order chi connectivity index (χ1) is 14.0. The van der Waals surface area contributed by atoms with Crippen molar-refractivity contribution >= 4 is 11.6 Å². The Bertz CT molecular complexity index is 975. The largest absolute Gasteiger partial charge is 0.385 e. The van der Waals surface area contributed by atoms with Crippen molar-refractivity contribution < 1.29 is 29.6 Å². The van der Waals surface area contributed by atoms with E-state index in [9.17, 15) is 19.4 Å². The molecule has 0 spiro atoms. The lowest BCUT2D eigenvalue weighted by molar-refractivity contribution is -0.420. The standard InChI is InChI=1S/C21H28ClFN2O6/c1-18(2,3)25-17(26)16(22)14(11-24-25)10-19(4,27)15-8-6-13(7-9-15)12-31-20(5,28)21(23,29)30/h6-9,11,27-30H,10,12H2,1-5H3. The summed E-state index contributed by atoms with van der Waals surface area (Å²) in [6.07, 6.45) is 1.49. The molecular formula is C21H28ClFN2O6. The Labute approximate surface area is 184 Å². The van der Waals surface area contributed by atoms with Gasteiger partial charge >= 0.3 is 6.04 Å². The zero-order chi connectivity index (χ0) is 23.8. The number of hydrogen-bond acceptors (Lipinski definition) is 7. The van der Waals surface area contributed by atoms with E-state index < -0.39 is 28.5 Å². The third kappa shape index (κ3) is 5.88. The Kier molecular flexibility index (Phi) is 7.02. The Morgan fingerprint density at radius 3 is 2.10 bits per heavy atom. The summed E-state index contributed by atoms with van der Waals surface area (Å²) in [5.74, 6) is -2.83. The first-order valence-electron chi connectivity index (χ1n) is 9.55. The topological polar surface area (TPSA) is 125 Å². The van der Waals surface area contributed by atoms with Gasteiger partial charge in [-0.1, -0.05) is 35.9 Å². The van der Waals surface area contributed by atoms with Crippen LogP contribution in [-0.2, 0) is 28.9 Å². The predicted octanol–water partition coefficient (Wildman–Crippen LogP) is 1.93. The second-order valence-electron chi connectivity index (χ2n) is 8.88. The summed E-state index contributed by atoms with van der Waals surface area (Å²) in [6, 6.07) is 2.38. The fourth-order valence-corrected chi connectivity index (χ4v) is 3.01. The molecular weight excluding hydrogens is 431 g/mol. The molecule has 0 aliphatic rings. The first kappa shape index (κ1) is 25.4. The highest BCUT2D eigenvalue weighted by molar-refractivity contribution is 6.31. The number of aliphatic hydroxyl groups is 4. The quantitative estimate of drug-likeness (QED) is 0.467. The summed E-state index contributed by atoms with van der Waals surface area (Å²) in [5.41, 5.74) is -0.997. The summed E-state index contributed by atoms with van der Waals surface area (Å²) < 4.78 is 19.2. The van der Waals surface area contributed by atoms with Gasteiger partial charge in [0.05, 0.1) is 23.9 Å². The van der Waals surface area contributed by atoms with Crippen LogP contribution < -0.4 is 5.56 Å². The van der Waals surface area contributed by atoms with Crippen molar-refractivity contribution in [1.29, 1.82) is 0 Å². The fraction of sp³-hybridized carbons (Fsp3) is 0.524. The molecule has 31 heavy (non-hydrogen) atoms. The average molecular weight is 459 g/mol. The highest BCUT2D eigenvalue weighted by Crippen LogP contribution is 2.29. The van der Waals surface area contributed by atoms with E-state index in [4.69, 9.17) is 26.6 Å². The molecule has 2 unspecified atom stereocenters. The number of benzene rings is 1. The maximum atomic E-state index is 13.1. The molecule has 1 aromatic carbocycles. The lowest BCUT2D eigenvalue weighted by atomic mass is 9.89. The maximum Gasteiger partial charge on any atom is 0.370 e. The highest BCUT2D eigenvalue weighted by atomic mass is 35.5. The number of rotatable bonds is 7. The van der Waals surface area contributed by atoms with Gasteiger partial charge in [-0.15, -0.1) is 0 Å². The van der Waals surface area contributed by atoms with Crippen molar-refractivity contribution in [3.05, 3.63) is 62.5 Å². The summed E-state index contributed by atoms with van der Waals surface area (Å²) in [5, 5.41) is 42.4. The summed E-state index contributed by atoms with van der Waals surface area (Å²) in [4.78, 5) is 12.5. The molecule has 2 atom stereocenters. The van der Waals surface area contributed by atoms with Gasteiger partial charge in [-0.3, -0.25) is 4.79 Å². The van der Waals surface area contributed by atoms with Crippen molar-refractivity contribution in [3.8, 4) is 0 Å². The van der Waals surface area contributed by atoms with Crippen LogP contribution in [0.15, 0.2) is 35.3 Å². The molecule has 2 rings (SSSR count). The van der Waals surface area contributed by atoms with Gasteiger partial charge in [0.25, 0.3) is 11.3 Å². The molecule has 0 aliphatic carbocycles. The third-order valence-corrected chi connectivity index (χ3v) is 5.25. The minimum atomic E-state index is -3.93. The Hall–Kier alpha value is -1.88. The smallest absolute Gasteiger partial charge is 0.370 e. The number of ether oxygens (including phenoxy) is 1. The molecule has 0 aliphatic heterocycles. The van der Waals surface area contributed by atoms with E-state index in [0.29, 0.717) is 16.7 Å². The summed E-state index contributed by atoms with van der Waals surface area (Å²) in [7, 11) is 0. The molecule has 0 radical (unpaired) electrons. The van der Waals surface area contributed by atoms with Gasteiger partial charge in [0.15, 0.2) is 0 Å². The molecule has 10 heteroatoms. The Balaban J connectivity index is 2.18. The molecule has 1 aromatic heterocycles. The number of hydrogen-bond donors (Lipinski definition) is 4. The van der Waals surface area contributed by atoms with Crippen molar-refractivity contribution in [2.45, 2.75) is 70.6 Å². The first-order valence-corrected chi connectivity index (χ1v) is 9.92. The number of alkyl halides is 1. The van der Waals surface area contributed by atoms with E-state index in [0.717, 1.165) is 6.92 Å². The van der Waals surface area contributed by atoms with E-state index in [-0.39, 0.29) is 18.1 Å². The fourth-order valence-electron chi connectivity index (χ4n) is 2.82. The predicted molar refractivity (Wildman–Crippen MR) is 112 cm³/mol. The van der Waals surface area contributed by atoms with Gasteiger partial charge in [-0.2, -0.15) is 9.49 Å². The van der Waals surface area contributed by atoms with E-state index in [2.05, 4.69) is 5.10 Å². The van der Waals surface area contributed by atoms with Crippen LogP contribution in [0, 0.1) is 0 Å². The SMILES string of the molecule is CC(O)(Cc1cnn(C(C)(C)C)c(=O)c1Cl)c1ccc(COC(C)(O)C(O)(O)F)cc1. The Morgan fingerprint density at radius 2 is 1.61 bits per heavy atom. The van der Waals surface area contributed by atoms with Crippen molar-refractivity contribution in [2.75, 3.05) is 0 Å². The van der Waals surface area contributed by atoms with Crippen LogP contribution in [0.2, 0.25) is 5.02 Å². The lowest BCUT2D eigenvalue weighted by Crippen LogP contribution is -2.50. The van der Waals surface area contributed by atoms with Crippen LogP contribution in [0.3, 0.4) is 0 Å². The molecule has 2 aromatic rings. The molecule has 0 amide bonds. The zero-order valence-electron chi connectivity index (χ0n) is 18.1. The second kappa shape index (κ2) is 8.57. The zero-order valence-corrected chi connectivity index (χ0v) is 18.8. The molecule has 4 N–H and O–H groups in total. The van der Waals surface area contributed by atoms with Crippen LogP contribution >= 0.6 is 11.6 Å². The Morgan fingerprint density at radius 1 is 1.06 bits per heavy atom. The number of aromatic nitrogens is 2. The van der Waals surface area contributed by atoms with Crippen LogP contribution in [0.5, 0.6) is 0 Å². The van der Waals surface area contributed by atoms with Crippen LogP contribution in [0.1, 0.15) is 51.3 Å². The summed E-state index contributed by atoms with van der Waals surface area (Å²) in [6.45, 7) is 7.50. The number of nitrogens with zero attached hydrogens (tertiary/aromatic N) is 2. The average Bonchev–Trinajstić information content (AvgIpc) is 2.62. The minimum Gasteiger partial charge on any atom is -0.385 e. The normalized spacial score (nSPS) is 16.6. The van der Waals surface area contributed by atoms with Gasteiger partial charge in [0.2, 0.25) is 0 Å². The van der Waals surface area contributed by atoms with Gasteiger partial charge in [0.1, 0.15) is 5.02 Å². The van der Waals surface area contributed by atoms with Gasteiger partial charge < -0.3 is 25.2 Å². The second-order valence-corrected chi connectivity index (χ2v) is 9.26. The molecule has 172 valence electrons. The third-order valence-electron chi connectivity index (χ3n) is 4.85. The van der Waals surface area contributed by atoms with E-state index >= 15 is 0 Å². The van der Waals surface area contributed by atoms with Gasteiger partial charge in [-0.05, 0) is 51.3 Å². The molecule has 1 heterocycles. The van der Waals surface area contributed by atoms with E-state index in [1.165, 1.54) is 10.9 Å². The molecule has 8 nitrogen and oxygen atoms in total. The number of halogens is 2. The maximum absolute atomic E-state index is 13.1. The van der Waals surface area contributed by atoms with E-state index in [1.54, 1.807) is 31.2 Å². The lowest BCUT2D eigenvalue weighted by Gasteiger charge is -2.29. The molecule has 0 fully saturated rings. The molecule has 0 saturated carbocycles. The summed E-state index contributed by atoms with van der Waals surface area (Å²) >= 11 is 6.25. The van der Waals surface area contributed by atoms with E-state index in [1.807, 2.05) is 20.8 Å². The van der Waals surface area contributed by atoms with Gasteiger partial charge in [-0.25, -0.2) is 4.68 Å². The molecule has 0 bridgehead atoms. The monoisotopic (exact) mass is 458 g/mol. The van der Waals surface area contributed by atoms with Crippen molar-refractivity contribution in [2.24, 2.45) is 0 Å². The molecule has 0 saturated heterocycles. The van der Waals surface area contributed by atoms with Crippen LogP contribution in [-0.4, -0.2) is 42.0 Å². The van der Waals surface area contributed by atoms with Crippen LogP contribution in [0.4, 0.5) is 4.39 Å².